The topological polar surface area (TPSA) is 59.1 Å². The molecule has 1 aromatic heterocycles. The van der Waals surface area contributed by atoms with Gasteiger partial charge in [-0.15, -0.1) is 11.3 Å². The smallest absolute Gasteiger partial charge is 0.148 e. The number of rotatable bonds is 5. The molecule has 0 bridgehead atoms. The summed E-state index contributed by atoms with van der Waals surface area (Å²) in [6.07, 6.45) is 1.26. The van der Waals surface area contributed by atoms with E-state index in [1.165, 1.54) is 11.1 Å². The van der Waals surface area contributed by atoms with Gasteiger partial charge in [0.1, 0.15) is 9.84 Å². The van der Waals surface area contributed by atoms with Crippen LogP contribution in [0.4, 0.5) is 0 Å². The molecule has 2 atom stereocenters. The zero-order valence-electron chi connectivity index (χ0n) is 10.9. The summed E-state index contributed by atoms with van der Waals surface area (Å²) in [5, 5.41) is 4.32. The summed E-state index contributed by atoms with van der Waals surface area (Å²) in [6, 6.07) is 0.0121. The fourth-order valence-corrected chi connectivity index (χ4v) is 3.87. The van der Waals surface area contributed by atoms with Crippen molar-refractivity contribution in [2.24, 2.45) is 0 Å². The van der Waals surface area contributed by atoms with Gasteiger partial charge in [0.15, 0.2) is 0 Å². The van der Waals surface area contributed by atoms with Crippen LogP contribution in [0, 0.1) is 13.8 Å². The second-order valence-corrected chi connectivity index (χ2v) is 8.15. The van der Waals surface area contributed by atoms with Gasteiger partial charge in [-0.1, -0.05) is 0 Å². The second kappa shape index (κ2) is 5.46. The molecule has 98 valence electrons. The molecule has 0 aromatic carbocycles. The minimum absolute atomic E-state index is 0.0681. The van der Waals surface area contributed by atoms with Gasteiger partial charge in [0.2, 0.25) is 0 Å². The lowest BCUT2D eigenvalue weighted by Gasteiger charge is -2.18. The normalized spacial score (nSPS) is 15.8. The number of aryl methyl sites for hydroxylation is 2. The van der Waals surface area contributed by atoms with Crippen LogP contribution in [0.2, 0.25) is 0 Å². The number of aromatic nitrogens is 1. The molecular weight excluding hydrogens is 256 g/mol. The molecule has 4 nitrogen and oxygen atoms in total. The average molecular weight is 276 g/mol. The first-order valence-electron chi connectivity index (χ1n) is 5.56. The van der Waals surface area contributed by atoms with E-state index >= 15 is 0 Å². The van der Waals surface area contributed by atoms with Crippen molar-refractivity contribution >= 4 is 21.2 Å². The van der Waals surface area contributed by atoms with Crippen molar-refractivity contribution in [2.75, 3.05) is 12.0 Å². The van der Waals surface area contributed by atoms with Crippen molar-refractivity contribution in [1.29, 1.82) is 0 Å². The summed E-state index contributed by atoms with van der Waals surface area (Å²) >= 11 is 1.67. The Morgan fingerprint density at radius 1 is 1.35 bits per heavy atom. The number of hydrogen-bond acceptors (Lipinski definition) is 5. The molecule has 17 heavy (non-hydrogen) atoms. The summed E-state index contributed by atoms with van der Waals surface area (Å²) in [6.45, 7) is 7.92. The van der Waals surface area contributed by atoms with Crippen molar-refractivity contribution in [2.45, 2.75) is 39.8 Å². The van der Waals surface area contributed by atoms with Gasteiger partial charge >= 0.3 is 0 Å². The van der Waals surface area contributed by atoms with Crippen molar-refractivity contribution in [3.8, 4) is 0 Å². The van der Waals surface area contributed by atoms with Crippen LogP contribution in [0.1, 0.15) is 35.5 Å². The van der Waals surface area contributed by atoms with Crippen LogP contribution in [0.5, 0.6) is 0 Å². The molecule has 2 unspecified atom stereocenters. The van der Waals surface area contributed by atoms with E-state index < -0.39 is 9.84 Å². The number of sulfone groups is 1. The number of thiazole rings is 1. The standard InChI is InChI=1S/C11H20N2O2S2/c1-7(6-17(5,14)15)12-8(2)11-9(3)16-10(4)13-11/h7-8,12H,6H2,1-5H3. The lowest BCUT2D eigenvalue weighted by molar-refractivity contribution is 0.492. The van der Waals surface area contributed by atoms with E-state index in [-0.39, 0.29) is 17.8 Å². The molecule has 1 aromatic rings. The molecule has 0 aliphatic heterocycles. The van der Waals surface area contributed by atoms with E-state index in [2.05, 4.69) is 10.3 Å². The number of hydrogen-bond donors (Lipinski definition) is 1. The van der Waals surface area contributed by atoms with Crippen molar-refractivity contribution < 1.29 is 8.42 Å². The SMILES string of the molecule is Cc1nc(C(C)NC(C)CS(C)(=O)=O)c(C)s1. The van der Waals surface area contributed by atoms with Gasteiger partial charge < -0.3 is 5.32 Å². The summed E-state index contributed by atoms with van der Waals surface area (Å²) in [4.78, 5) is 5.66. The Hall–Kier alpha value is -0.460. The van der Waals surface area contributed by atoms with E-state index in [9.17, 15) is 8.42 Å². The Kier molecular flexibility index (Phi) is 4.69. The Balaban J connectivity index is 2.66. The molecule has 0 fully saturated rings. The fraction of sp³-hybridized carbons (Fsp3) is 0.727. The third-order valence-corrected chi connectivity index (χ3v) is 4.44. The molecule has 0 aliphatic rings. The first-order valence-corrected chi connectivity index (χ1v) is 8.44. The summed E-state index contributed by atoms with van der Waals surface area (Å²) in [5.41, 5.74) is 1.02. The van der Waals surface area contributed by atoms with E-state index in [1.807, 2.05) is 27.7 Å². The Bertz CT molecular complexity index is 480. The number of nitrogens with zero attached hydrogens (tertiary/aromatic N) is 1. The lowest BCUT2D eigenvalue weighted by atomic mass is 10.2. The molecule has 1 rings (SSSR count). The Morgan fingerprint density at radius 3 is 2.35 bits per heavy atom. The van der Waals surface area contributed by atoms with Crippen LogP contribution in [0.3, 0.4) is 0 Å². The van der Waals surface area contributed by atoms with Crippen LogP contribution in [0.25, 0.3) is 0 Å². The highest BCUT2D eigenvalue weighted by molar-refractivity contribution is 7.90. The third-order valence-electron chi connectivity index (χ3n) is 2.44. The largest absolute Gasteiger partial charge is 0.305 e. The van der Waals surface area contributed by atoms with Gasteiger partial charge in [-0.05, 0) is 27.7 Å². The Labute approximate surface area is 107 Å². The third kappa shape index (κ3) is 4.73. The monoisotopic (exact) mass is 276 g/mol. The highest BCUT2D eigenvalue weighted by Crippen LogP contribution is 2.22. The lowest BCUT2D eigenvalue weighted by Crippen LogP contribution is -2.34. The van der Waals surface area contributed by atoms with Crippen LogP contribution < -0.4 is 5.32 Å². The molecule has 1 N–H and O–H groups in total. The van der Waals surface area contributed by atoms with Crippen LogP contribution >= 0.6 is 11.3 Å². The molecule has 0 aliphatic carbocycles. The summed E-state index contributed by atoms with van der Waals surface area (Å²) < 4.78 is 22.4. The Morgan fingerprint density at radius 2 is 1.94 bits per heavy atom. The molecule has 0 saturated carbocycles. The van der Waals surface area contributed by atoms with Gasteiger partial charge in [-0.2, -0.15) is 0 Å². The molecule has 0 saturated heterocycles. The summed E-state index contributed by atoms with van der Waals surface area (Å²) in [7, 11) is -2.94. The maximum Gasteiger partial charge on any atom is 0.148 e. The quantitative estimate of drug-likeness (QED) is 0.891. The first-order chi connectivity index (χ1) is 7.69. The van der Waals surface area contributed by atoms with Gasteiger partial charge in [0.05, 0.1) is 16.5 Å². The van der Waals surface area contributed by atoms with E-state index in [0.29, 0.717) is 0 Å². The summed E-state index contributed by atoms with van der Waals surface area (Å²) in [5.74, 6) is 0.152. The molecule has 1 heterocycles. The fourth-order valence-electron chi connectivity index (χ4n) is 1.95. The van der Waals surface area contributed by atoms with Crippen LogP contribution in [0.15, 0.2) is 0 Å². The van der Waals surface area contributed by atoms with Gasteiger partial charge in [0, 0.05) is 23.2 Å². The van der Waals surface area contributed by atoms with Crippen LogP contribution in [-0.2, 0) is 9.84 Å². The van der Waals surface area contributed by atoms with Crippen molar-refractivity contribution in [1.82, 2.24) is 10.3 Å². The molecular formula is C11H20N2O2S2. The second-order valence-electron chi connectivity index (χ2n) is 4.56. The predicted octanol–water partition coefficient (Wildman–Crippen LogP) is 1.84. The predicted molar refractivity (Wildman–Crippen MR) is 72.3 cm³/mol. The molecule has 0 spiro atoms. The van der Waals surface area contributed by atoms with Gasteiger partial charge in [0.25, 0.3) is 0 Å². The zero-order valence-corrected chi connectivity index (χ0v) is 12.6. The minimum atomic E-state index is -2.94. The zero-order chi connectivity index (χ0) is 13.2. The van der Waals surface area contributed by atoms with E-state index in [1.54, 1.807) is 11.3 Å². The minimum Gasteiger partial charge on any atom is -0.305 e. The van der Waals surface area contributed by atoms with Crippen molar-refractivity contribution in [3.05, 3.63) is 15.6 Å². The van der Waals surface area contributed by atoms with E-state index in [4.69, 9.17) is 0 Å². The average Bonchev–Trinajstić information content (AvgIpc) is 2.41. The molecule has 6 heteroatoms. The van der Waals surface area contributed by atoms with Gasteiger partial charge in [-0.3, -0.25) is 0 Å². The molecule has 0 amide bonds. The van der Waals surface area contributed by atoms with Crippen molar-refractivity contribution in [3.63, 3.8) is 0 Å². The van der Waals surface area contributed by atoms with E-state index in [0.717, 1.165) is 10.7 Å². The van der Waals surface area contributed by atoms with Crippen LogP contribution in [-0.4, -0.2) is 31.5 Å². The highest BCUT2D eigenvalue weighted by Gasteiger charge is 2.17. The first kappa shape index (κ1) is 14.6. The maximum absolute atomic E-state index is 11.2. The maximum atomic E-state index is 11.2. The molecule has 0 radical (unpaired) electrons. The highest BCUT2D eigenvalue weighted by atomic mass is 32.2. The number of nitrogens with one attached hydrogen (secondary N) is 1. The van der Waals surface area contributed by atoms with Gasteiger partial charge in [-0.25, -0.2) is 13.4 Å².